The highest BCUT2D eigenvalue weighted by Gasteiger charge is 2.21. The highest BCUT2D eigenvalue weighted by atomic mass is 32.1. The highest BCUT2D eigenvalue weighted by molar-refractivity contribution is 7.26. The monoisotopic (exact) mass is 988 g/mol. The first kappa shape index (κ1) is 42.5. The third-order valence-corrected chi connectivity index (χ3v) is 16.3. The number of rotatable bonds is 7. The number of furan rings is 2. The van der Waals surface area contributed by atoms with Crippen molar-refractivity contribution in [2.24, 2.45) is 0 Å². The Morgan fingerprint density at radius 3 is 1.68 bits per heavy atom. The minimum Gasteiger partial charge on any atom is -0.456 e. The van der Waals surface area contributed by atoms with Crippen LogP contribution in [0.1, 0.15) is 0 Å². The second-order valence-electron chi connectivity index (χ2n) is 19.5. The molecule has 0 unspecified atom stereocenters. The van der Waals surface area contributed by atoms with Crippen molar-refractivity contribution in [1.29, 1.82) is 0 Å². The van der Waals surface area contributed by atoms with E-state index in [-0.39, 0.29) is 0 Å². The number of thiophene rings is 1. The zero-order valence-corrected chi connectivity index (χ0v) is 41.4. The van der Waals surface area contributed by atoms with Gasteiger partial charge in [-0.3, -0.25) is 0 Å². The van der Waals surface area contributed by atoms with Gasteiger partial charge in [0.15, 0.2) is 17.5 Å². The predicted molar refractivity (Wildman–Crippen MR) is 314 cm³/mol. The predicted octanol–water partition coefficient (Wildman–Crippen LogP) is 19.1. The van der Waals surface area contributed by atoms with Crippen molar-refractivity contribution in [3.63, 3.8) is 0 Å². The Hall–Kier alpha value is -9.95. The van der Waals surface area contributed by atoms with Crippen LogP contribution in [0.15, 0.2) is 251 Å². The number of hydrogen-bond donors (Lipinski definition) is 0. The summed E-state index contributed by atoms with van der Waals surface area (Å²) in [6, 6.07) is 85.7. The fourth-order valence-electron chi connectivity index (χ4n) is 11.5. The van der Waals surface area contributed by atoms with Gasteiger partial charge >= 0.3 is 0 Å². The maximum Gasteiger partial charge on any atom is 0.164 e. The van der Waals surface area contributed by atoms with Crippen LogP contribution in [0.5, 0.6) is 0 Å². The molecule has 0 amide bonds. The molecule has 0 fully saturated rings. The van der Waals surface area contributed by atoms with Gasteiger partial charge in [-0.25, -0.2) is 15.0 Å². The standard InChI is InChI=1S/C69H40N4O2S/c1-4-14-41(15-5-1)45-26-31-51-52-32-27-47(40-63(52)75-62(51)39-45)68-70-67(42-16-6-2-7-17-42)71-69(72-68)54-23-13-25-61-65(54)57-37-43(29-34-60(57)74-61)44-30-35-64-56(36-44)53-22-12-21-49(66(53)76-64)46-28-33-59-55(38-46)50-20-10-11-24-58(50)73(59)48-18-8-3-9-19-48/h1-40H. The van der Waals surface area contributed by atoms with Crippen LogP contribution in [0.3, 0.4) is 0 Å². The minimum atomic E-state index is 0.553. The third kappa shape index (κ3) is 6.76. The second kappa shape index (κ2) is 16.8. The summed E-state index contributed by atoms with van der Waals surface area (Å²) in [5, 5.41) is 9.02. The molecule has 0 aliphatic carbocycles. The van der Waals surface area contributed by atoms with Gasteiger partial charge in [-0.05, 0) is 118 Å². The van der Waals surface area contributed by atoms with E-state index in [9.17, 15) is 0 Å². The van der Waals surface area contributed by atoms with Gasteiger partial charge in [-0.1, -0.05) is 158 Å². The molecule has 0 saturated heterocycles. The molecular weight excluding hydrogens is 949 g/mol. The van der Waals surface area contributed by atoms with Crippen LogP contribution in [0, 0.1) is 0 Å². The van der Waals surface area contributed by atoms with E-state index in [4.69, 9.17) is 23.8 Å². The Morgan fingerprint density at radius 1 is 0.303 bits per heavy atom. The molecule has 0 atom stereocenters. The first-order valence-electron chi connectivity index (χ1n) is 25.5. The van der Waals surface area contributed by atoms with Crippen molar-refractivity contribution in [2.75, 3.05) is 0 Å². The molecule has 76 heavy (non-hydrogen) atoms. The first-order chi connectivity index (χ1) is 37.6. The minimum absolute atomic E-state index is 0.553. The normalized spacial score (nSPS) is 11.9. The maximum atomic E-state index is 6.61. The van der Waals surface area contributed by atoms with Crippen molar-refractivity contribution in [3.8, 4) is 73.2 Å². The van der Waals surface area contributed by atoms with Crippen LogP contribution < -0.4 is 0 Å². The SMILES string of the molecule is c1ccc(-c2ccc3c(c2)oc2cc(-c4nc(-c5ccccc5)nc(-c5cccc6oc7ccc(-c8ccc9sc%10c(-c%11ccc%12c(c%11)c%11ccccc%11n%12-c%11ccccc%11)cccc%10c9c8)cc7c56)n4)ccc23)cc1. The third-order valence-electron chi connectivity index (χ3n) is 15.1. The Kier molecular flexibility index (Phi) is 9.40. The molecule has 0 saturated carbocycles. The van der Waals surface area contributed by atoms with Gasteiger partial charge in [0.1, 0.15) is 22.3 Å². The summed E-state index contributed by atoms with van der Waals surface area (Å²) in [6.45, 7) is 0. The van der Waals surface area contributed by atoms with Crippen LogP contribution in [0.4, 0.5) is 0 Å². The average molecular weight is 989 g/mol. The fourth-order valence-corrected chi connectivity index (χ4v) is 12.7. The van der Waals surface area contributed by atoms with Gasteiger partial charge in [-0.2, -0.15) is 0 Å². The highest BCUT2D eigenvalue weighted by Crippen LogP contribution is 2.45. The lowest BCUT2D eigenvalue weighted by atomic mass is 9.98. The summed E-state index contributed by atoms with van der Waals surface area (Å²) >= 11 is 1.86. The number of aromatic nitrogens is 4. The van der Waals surface area contributed by atoms with Crippen molar-refractivity contribution < 1.29 is 8.83 Å². The van der Waals surface area contributed by atoms with Crippen LogP contribution in [-0.4, -0.2) is 19.5 Å². The molecule has 7 heteroatoms. The summed E-state index contributed by atoms with van der Waals surface area (Å²) < 4.78 is 18.1. The molecule has 0 bridgehead atoms. The molecule has 0 aliphatic rings. The van der Waals surface area contributed by atoms with Gasteiger partial charge in [0.2, 0.25) is 0 Å². The van der Waals surface area contributed by atoms with Crippen LogP contribution >= 0.6 is 11.3 Å². The zero-order chi connectivity index (χ0) is 49.8. The van der Waals surface area contributed by atoms with Crippen LogP contribution in [0.25, 0.3) is 159 Å². The quantitative estimate of drug-likeness (QED) is 0.159. The molecule has 16 aromatic rings. The number of fused-ring (bicyclic) bond motifs is 12. The van der Waals surface area contributed by atoms with Crippen molar-refractivity contribution in [1.82, 2.24) is 19.5 Å². The van der Waals surface area contributed by atoms with E-state index >= 15 is 0 Å². The lowest BCUT2D eigenvalue weighted by molar-refractivity contribution is 0.668. The fraction of sp³-hybridized carbons (Fsp3) is 0. The van der Waals surface area contributed by atoms with Gasteiger partial charge in [-0.15, -0.1) is 11.3 Å². The van der Waals surface area contributed by atoms with Crippen LogP contribution in [0.2, 0.25) is 0 Å². The van der Waals surface area contributed by atoms with Gasteiger partial charge in [0.05, 0.1) is 11.0 Å². The number of nitrogens with zero attached hydrogens (tertiary/aromatic N) is 4. The van der Waals surface area contributed by atoms with Crippen molar-refractivity contribution in [2.45, 2.75) is 0 Å². The van der Waals surface area contributed by atoms with E-state index in [1.165, 1.54) is 53.1 Å². The molecule has 5 aromatic heterocycles. The molecule has 0 aliphatic heterocycles. The molecule has 5 heterocycles. The lowest BCUT2D eigenvalue weighted by Crippen LogP contribution is -2.00. The number of para-hydroxylation sites is 2. The summed E-state index contributed by atoms with van der Waals surface area (Å²) in [7, 11) is 0. The molecule has 16 rings (SSSR count). The Balaban J connectivity index is 0.797. The molecule has 0 N–H and O–H groups in total. The van der Waals surface area contributed by atoms with Crippen molar-refractivity contribution >= 4 is 97.2 Å². The van der Waals surface area contributed by atoms with Gasteiger partial charge < -0.3 is 13.4 Å². The number of benzene rings is 11. The van der Waals surface area contributed by atoms with E-state index in [1.54, 1.807) is 0 Å². The maximum absolute atomic E-state index is 6.61. The lowest BCUT2D eigenvalue weighted by Gasteiger charge is -2.09. The Morgan fingerprint density at radius 2 is 0.868 bits per heavy atom. The Bertz CT molecular complexity index is 4990. The van der Waals surface area contributed by atoms with E-state index in [1.807, 2.05) is 65.9 Å². The summed E-state index contributed by atoms with van der Waals surface area (Å²) in [5.41, 5.74) is 16.2. The van der Waals surface area contributed by atoms with E-state index in [0.717, 1.165) is 88.5 Å². The second-order valence-corrected chi connectivity index (χ2v) is 20.5. The summed E-state index contributed by atoms with van der Waals surface area (Å²) in [5.74, 6) is 1.69. The molecule has 354 valence electrons. The van der Waals surface area contributed by atoms with Gasteiger partial charge in [0.25, 0.3) is 0 Å². The summed E-state index contributed by atoms with van der Waals surface area (Å²) in [6.07, 6.45) is 0. The molecular formula is C69H40N4O2S. The Labute approximate surface area is 439 Å². The molecule has 6 nitrogen and oxygen atoms in total. The van der Waals surface area contributed by atoms with Gasteiger partial charge in [0, 0.05) is 74.9 Å². The van der Waals surface area contributed by atoms with E-state index < -0.39 is 0 Å². The topological polar surface area (TPSA) is 69.9 Å². The average Bonchev–Trinajstić information content (AvgIpc) is 4.32. The summed E-state index contributed by atoms with van der Waals surface area (Å²) in [4.78, 5) is 15.6. The first-order valence-corrected chi connectivity index (χ1v) is 26.3. The largest absolute Gasteiger partial charge is 0.456 e. The zero-order valence-electron chi connectivity index (χ0n) is 40.6. The van der Waals surface area contributed by atoms with Crippen molar-refractivity contribution in [3.05, 3.63) is 243 Å². The van der Waals surface area contributed by atoms with E-state index in [2.05, 4.69) is 193 Å². The number of hydrogen-bond acceptors (Lipinski definition) is 6. The molecule has 0 spiro atoms. The van der Waals surface area contributed by atoms with E-state index in [0.29, 0.717) is 17.5 Å². The molecule has 11 aromatic carbocycles. The molecule has 0 radical (unpaired) electrons. The van der Waals surface area contributed by atoms with Crippen LogP contribution in [-0.2, 0) is 0 Å². The smallest absolute Gasteiger partial charge is 0.164 e.